The summed E-state index contributed by atoms with van der Waals surface area (Å²) in [7, 11) is 0. The van der Waals surface area contributed by atoms with E-state index < -0.39 is 23.7 Å². The summed E-state index contributed by atoms with van der Waals surface area (Å²) in [5, 5.41) is 11.4. The van der Waals surface area contributed by atoms with E-state index in [0.717, 1.165) is 6.42 Å². The molecule has 0 saturated heterocycles. The molecule has 1 aromatic rings. The third kappa shape index (κ3) is 5.95. The highest BCUT2D eigenvalue weighted by Gasteiger charge is 2.17. The van der Waals surface area contributed by atoms with Crippen molar-refractivity contribution in [3.8, 4) is 0 Å². The van der Waals surface area contributed by atoms with Crippen molar-refractivity contribution in [1.29, 1.82) is 0 Å². The van der Waals surface area contributed by atoms with Gasteiger partial charge in [-0.15, -0.1) is 0 Å². The van der Waals surface area contributed by atoms with Crippen LogP contribution in [0, 0.1) is 5.82 Å². The Morgan fingerprint density at radius 1 is 1.48 bits per heavy atom. The van der Waals surface area contributed by atoms with Crippen molar-refractivity contribution < 1.29 is 19.1 Å². The Morgan fingerprint density at radius 3 is 2.76 bits per heavy atom. The van der Waals surface area contributed by atoms with Crippen LogP contribution in [0.4, 0.5) is 4.39 Å². The van der Waals surface area contributed by atoms with Crippen molar-refractivity contribution in [3.63, 3.8) is 0 Å². The summed E-state index contributed by atoms with van der Waals surface area (Å²) in [6, 6.07) is 3.14. The molecular formula is C15H17ClFNO3. The number of aliphatic carboxylic acids is 1. The fourth-order valence-corrected chi connectivity index (χ4v) is 1.86. The first-order chi connectivity index (χ1) is 9.93. The van der Waals surface area contributed by atoms with Crippen molar-refractivity contribution >= 4 is 29.6 Å². The molecule has 0 saturated carbocycles. The van der Waals surface area contributed by atoms with Gasteiger partial charge in [-0.05, 0) is 30.2 Å². The Labute approximate surface area is 127 Å². The Hall–Kier alpha value is -1.88. The van der Waals surface area contributed by atoms with Gasteiger partial charge in [-0.3, -0.25) is 4.79 Å². The smallest absolute Gasteiger partial charge is 0.326 e. The van der Waals surface area contributed by atoms with Crippen LogP contribution in [0.15, 0.2) is 24.3 Å². The van der Waals surface area contributed by atoms with Crippen molar-refractivity contribution in [1.82, 2.24) is 5.32 Å². The number of carboxylic acids is 1. The molecule has 1 rings (SSSR count). The summed E-state index contributed by atoms with van der Waals surface area (Å²) in [6.07, 6.45) is 4.59. The van der Waals surface area contributed by atoms with Gasteiger partial charge in [0.15, 0.2) is 0 Å². The van der Waals surface area contributed by atoms with E-state index in [1.807, 2.05) is 6.92 Å². The maximum Gasteiger partial charge on any atom is 0.326 e. The van der Waals surface area contributed by atoms with Crippen LogP contribution in [0.5, 0.6) is 0 Å². The predicted octanol–water partition coefficient (Wildman–Crippen LogP) is 3.25. The van der Waals surface area contributed by atoms with E-state index in [-0.39, 0.29) is 5.02 Å². The zero-order valence-electron chi connectivity index (χ0n) is 11.6. The number of hydrogen-bond acceptors (Lipinski definition) is 2. The van der Waals surface area contributed by atoms with Gasteiger partial charge in [-0.1, -0.05) is 37.4 Å². The van der Waals surface area contributed by atoms with E-state index in [9.17, 15) is 14.0 Å². The zero-order valence-corrected chi connectivity index (χ0v) is 12.4. The number of nitrogens with one attached hydrogen (secondary N) is 1. The van der Waals surface area contributed by atoms with Crippen LogP contribution in [0.1, 0.15) is 31.7 Å². The molecule has 21 heavy (non-hydrogen) atoms. The Balaban J connectivity index is 2.64. The predicted molar refractivity (Wildman–Crippen MR) is 79.5 cm³/mol. The molecule has 1 amide bonds. The summed E-state index contributed by atoms with van der Waals surface area (Å²) in [6.45, 7) is 1.94. The molecule has 4 nitrogen and oxygen atoms in total. The first-order valence-corrected chi connectivity index (χ1v) is 6.98. The minimum absolute atomic E-state index is 0.0380. The maximum absolute atomic E-state index is 13.0. The van der Waals surface area contributed by atoms with E-state index in [1.165, 1.54) is 30.4 Å². The lowest BCUT2D eigenvalue weighted by Crippen LogP contribution is -2.39. The number of amides is 1. The van der Waals surface area contributed by atoms with Crippen LogP contribution in [0.3, 0.4) is 0 Å². The van der Waals surface area contributed by atoms with Gasteiger partial charge in [0.05, 0.1) is 5.02 Å². The standard InChI is InChI=1S/C15H17ClFNO3/c1-2-3-4-13(15(20)21)18-14(19)8-6-10-5-7-12(17)11(16)9-10/h5-9,13H,2-4H2,1H3,(H,18,19)(H,20,21)/b8-6+/t13-/m0/s1. The summed E-state index contributed by atoms with van der Waals surface area (Å²) < 4.78 is 13.0. The molecule has 0 aliphatic carbocycles. The van der Waals surface area contributed by atoms with Crippen LogP contribution in [0.25, 0.3) is 6.08 Å². The highest BCUT2D eigenvalue weighted by atomic mass is 35.5. The van der Waals surface area contributed by atoms with Gasteiger partial charge in [-0.25, -0.2) is 9.18 Å². The fraction of sp³-hybridized carbons (Fsp3) is 0.333. The van der Waals surface area contributed by atoms with E-state index in [1.54, 1.807) is 0 Å². The van der Waals surface area contributed by atoms with Gasteiger partial charge in [0.1, 0.15) is 11.9 Å². The molecule has 0 aromatic heterocycles. The number of unbranched alkanes of at least 4 members (excludes halogenated alkanes) is 1. The monoisotopic (exact) mass is 313 g/mol. The average Bonchev–Trinajstić information content (AvgIpc) is 2.44. The third-order valence-corrected chi connectivity index (χ3v) is 3.12. The van der Waals surface area contributed by atoms with Crippen molar-refractivity contribution in [2.45, 2.75) is 32.2 Å². The molecule has 0 radical (unpaired) electrons. The Kier molecular flexibility index (Phi) is 6.88. The normalized spacial score (nSPS) is 12.3. The molecule has 1 atom stereocenters. The first kappa shape index (κ1) is 17.2. The Morgan fingerprint density at radius 2 is 2.19 bits per heavy atom. The molecule has 114 valence electrons. The Bertz CT molecular complexity index is 546. The van der Waals surface area contributed by atoms with Gasteiger partial charge in [0.25, 0.3) is 0 Å². The summed E-state index contributed by atoms with van der Waals surface area (Å²) in [5.74, 6) is -2.11. The molecule has 0 fully saturated rings. The summed E-state index contributed by atoms with van der Waals surface area (Å²) >= 11 is 5.63. The summed E-state index contributed by atoms with van der Waals surface area (Å²) in [5.41, 5.74) is 0.553. The highest BCUT2D eigenvalue weighted by Crippen LogP contribution is 2.16. The number of carboxylic acid groups (broad SMARTS) is 1. The number of rotatable bonds is 7. The number of halogens is 2. The number of carbonyl (C=O) groups is 2. The van der Waals surface area contributed by atoms with E-state index >= 15 is 0 Å². The highest BCUT2D eigenvalue weighted by molar-refractivity contribution is 6.30. The molecule has 0 spiro atoms. The lowest BCUT2D eigenvalue weighted by atomic mass is 10.1. The van der Waals surface area contributed by atoms with Crippen molar-refractivity contribution in [2.24, 2.45) is 0 Å². The van der Waals surface area contributed by atoms with Gasteiger partial charge in [0.2, 0.25) is 5.91 Å². The molecule has 0 bridgehead atoms. The molecule has 0 unspecified atom stereocenters. The van der Waals surface area contributed by atoms with Gasteiger partial charge in [0, 0.05) is 6.08 Å². The quantitative estimate of drug-likeness (QED) is 0.759. The minimum Gasteiger partial charge on any atom is -0.480 e. The number of hydrogen-bond donors (Lipinski definition) is 2. The van der Waals surface area contributed by atoms with Crippen LogP contribution >= 0.6 is 11.6 Å². The minimum atomic E-state index is -1.06. The second-order valence-corrected chi connectivity index (χ2v) is 4.96. The maximum atomic E-state index is 13.0. The molecular weight excluding hydrogens is 297 g/mol. The molecule has 1 aromatic carbocycles. The SMILES string of the molecule is CCCC[C@H](NC(=O)/C=C/c1ccc(F)c(Cl)c1)C(=O)O. The molecule has 2 N–H and O–H groups in total. The third-order valence-electron chi connectivity index (χ3n) is 2.83. The molecule has 0 aliphatic rings. The topological polar surface area (TPSA) is 66.4 Å². The summed E-state index contributed by atoms with van der Waals surface area (Å²) in [4.78, 5) is 22.7. The van der Waals surface area contributed by atoms with Crippen molar-refractivity contribution in [3.05, 3.63) is 40.7 Å². The second-order valence-electron chi connectivity index (χ2n) is 4.55. The second kappa shape index (κ2) is 8.42. The average molecular weight is 314 g/mol. The van der Waals surface area contributed by atoms with Crippen LogP contribution < -0.4 is 5.32 Å². The fourth-order valence-electron chi connectivity index (χ4n) is 1.67. The lowest BCUT2D eigenvalue weighted by molar-refractivity contribution is -0.141. The number of benzene rings is 1. The van der Waals surface area contributed by atoms with Crippen LogP contribution in [-0.2, 0) is 9.59 Å². The van der Waals surface area contributed by atoms with Crippen LogP contribution in [-0.4, -0.2) is 23.0 Å². The van der Waals surface area contributed by atoms with Gasteiger partial charge in [-0.2, -0.15) is 0 Å². The zero-order chi connectivity index (χ0) is 15.8. The van der Waals surface area contributed by atoms with E-state index in [2.05, 4.69) is 5.32 Å². The number of carbonyl (C=O) groups excluding carboxylic acids is 1. The van der Waals surface area contributed by atoms with E-state index in [0.29, 0.717) is 18.4 Å². The molecule has 0 heterocycles. The molecule has 6 heteroatoms. The lowest BCUT2D eigenvalue weighted by Gasteiger charge is -2.12. The van der Waals surface area contributed by atoms with E-state index in [4.69, 9.17) is 16.7 Å². The molecule has 0 aliphatic heterocycles. The van der Waals surface area contributed by atoms with Gasteiger partial charge < -0.3 is 10.4 Å². The van der Waals surface area contributed by atoms with Crippen molar-refractivity contribution in [2.75, 3.05) is 0 Å². The van der Waals surface area contributed by atoms with Gasteiger partial charge >= 0.3 is 5.97 Å². The largest absolute Gasteiger partial charge is 0.480 e. The van der Waals surface area contributed by atoms with Crippen LogP contribution in [0.2, 0.25) is 5.02 Å². The first-order valence-electron chi connectivity index (χ1n) is 6.60.